The zero-order valence-corrected chi connectivity index (χ0v) is 10.5. The van der Waals surface area contributed by atoms with Gasteiger partial charge in [0.2, 0.25) is 5.91 Å². The lowest BCUT2D eigenvalue weighted by Gasteiger charge is -2.22. The summed E-state index contributed by atoms with van der Waals surface area (Å²) in [6.07, 6.45) is 5.31. The van der Waals surface area contributed by atoms with Crippen LogP contribution in [0.5, 0.6) is 0 Å². The van der Waals surface area contributed by atoms with Gasteiger partial charge < -0.3 is 5.32 Å². The molecule has 2 rings (SSSR count). The van der Waals surface area contributed by atoms with Gasteiger partial charge in [-0.1, -0.05) is 19.8 Å². The zero-order chi connectivity index (χ0) is 12.3. The van der Waals surface area contributed by atoms with E-state index in [-0.39, 0.29) is 12.1 Å². The fourth-order valence-electron chi connectivity index (χ4n) is 2.25. The number of carbonyl (C=O) groups is 1. The zero-order valence-electron chi connectivity index (χ0n) is 10.5. The van der Waals surface area contributed by atoms with Crippen molar-refractivity contribution in [2.45, 2.75) is 32.4 Å². The Bertz CT molecular complexity index is 388. The van der Waals surface area contributed by atoms with Gasteiger partial charge in [-0.2, -0.15) is 5.10 Å². The van der Waals surface area contributed by atoms with Crippen LogP contribution in [0.4, 0.5) is 0 Å². The van der Waals surface area contributed by atoms with Crippen molar-refractivity contribution in [1.29, 1.82) is 0 Å². The van der Waals surface area contributed by atoms with Gasteiger partial charge in [-0.3, -0.25) is 14.4 Å². The monoisotopic (exact) mass is 236 g/mol. The van der Waals surface area contributed by atoms with Crippen molar-refractivity contribution in [3.05, 3.63) is 18.0 Å². The fourth-order valence-corrected chi connectivity index (χ4v) is 2.25. The van der Waals surface area contributed by atoms with Crippen molar-refractivity contribution in [3.8, 4) is 0 Å². The quantitative estimate of drug-likeness (QED) is 0.777. The van der Waals surface area contributed by atoms with Gasteiger partial charge in [-0.05, 0) is 12.5 Å². The van der Waals surface area contributed by atoms with Crippen LogP contribution in [0.1, 0.15) is 38.0 Å². The minimum absolute atomic E-state index is 0.00754. The standard InChI is InChI=1S/C12H20N4O/c1-3-4-5-8-16-9-11(17)14-12(16)10-6-7-13-15(10)2/h6-7,12H,3-5,8-9H2,1-2H3,(H,14,17). The molecule has 0 radical (unpaired) electrons. The van der Waals surface area contributed by atoms with Crippen LogP contribution in [0.15, 0.2) is 12.3 Å². The highest BCUT2D eigenvalue weighted by Crippen LogP contribution is 2.21. The van der Waals surface area contributed by atoms with Crippen LogP contribution in [0, 0.1) is 0 Å². The molecule has 0 aromatic carbocycles. The van der Waals surface area contributed by atoms with E-state index in [1.54, 1.807) is 6.20 Å². The van der Waals surface area contributed by atoms with Gasteiger partial charge in [0.15, 0.2) is 0 Å². The van der Waals surface area contributed by atoms with Crippen molar-refractivity contribution >= 4 is 5.91 Å². The fraction of sp³-hybridized carbons (Fsp3) is 0.667. The predicted octanol–water partition coefficient (Wildman–Crippen LogP) is 1.04. The Kier molecular flexibility index (Phi) is 3.78. The normalized spacial score (nSPS) is 20.8. The maximum atomic E-state index is 11.5. The molecule has 0 spiro atoms. The van der Waals surface area contributed by atoms with Gasteiger partial charge in [0, 0.05) is 19.8 Å². The Morgan fingerprint density at radius 3 is 3.00 bits per heavy atom. The number of nitrogens with one attached hydrogen (secondary N) is 1. The topological polar surface area (TPSA) is 50.2 Å². The molecule has 1 fully saturated rings. The van der Waals surface area contributed by atoms with E-state index in [9.17, 15) is 4.79 Å². The number of hydrogen-bond acceptors (Lipinski definition) is 3. The molecule has 1 amide bonds. The van der Waals surface area contributed by atoms with E-state index in [1.807, 2.05) is 17.8 Å². The highest BCUT2D eigenvalue weighted by atomic mass is 16.2. The van der Waals surface area contributed by atoms with Gasteiger partial charge in [-0.15, -0.1) is 0 Å². The van der Waals surface area contributed by atoms with Gasteiger partial charge in [0.1, 0.15) is 6.17 Å². The molecule has 5 heteroatoms. The Hall–Kier alpha value is -1.36. The highest BCUT2D eigenvalue weighted by molar-refractivity contribution is 5.80. The molecular weight excluding hydrogens is 216 g/mol. The number of amides is 1. The van der Waals surface area contributed by atoms with E-state index in [2.05, 4.69) is 22.2 Å². The molecule has 0 saturated carbocycles. The van der Waals surface area contributed by atoms with Crippen molar-refractivity contribution in [2.75, 3.05) is 13.1 Å². The predicted molar refractivity (Wildman–Crippen MR) is 65.2 cm³/mol. The second-order valence-electron chi connectivity index (χ2n) is 4.53. The highest BCUT2D eigenvalue weighted by Gasteiger charge is 2.31. The molecule has 1 aromatic heterocycles. The molecule has 94 valence electrons. The van der Waals surface area contributed by atoms with E-state index in [4.69, 9.17) is 0 Å². The summed E-state index contributed by atoms with van der Waals surface area (Å²) in [7, 11) is 1.91. The number of nitrogens with zero attached hydrogens (tertiary/aromatic N) is 3. The van der Waals surface area contributed by atoms with Crippen LogP contribution in [0.2, 0.25) is 0 Å². The molecule has 1 N–H and O–H groups in total. The number of aromatic nitrogens is 2. The lowest BCUT2D eigenvalue weighted by atomic mass is 10.2. The van der Waals surface area contributed by atoms with Crippen molar-refractivity contribution in [1.82, 2.24) is 20.0 Å². The summed E-state index contributed by atoms with van der Waals surface area (Å²) in [5.74, 6) is 0.104. The first-order valence-electron chi connectivity index (χ1n) is 6.23. The second-order valence-corrected chi connectivity index (χ2v) is 4.53. The number of carbonyl (C=O) groups excluding carboxylic acids is 1. The average molecular weight is 236 g/mol. The lowest BCUT2D eigenvalue weighted by Crippen LogP contribution is -2.30. The summed E-state index contributed by atoms with van der Waals surface area (Å²) in [5.41, 5.74) is 1.05. The van der Waals surface area contributed by atoms with Gasteiger partial charge in [0.25, 0.3) is 0 Å². The molecule has 1 aliphatic heterocycles. The van der Waals surface area contributed by atoms with Crippen molar-refractivity contribution < 1.29 is 4.79 Å². The lowest BCUT2D eigenvalue weighted by molar-refractivity contribution is -0.118. The number of aryl methyl sites for hydroxylation is 1. The molecule has 0 bridgehead atoms. The van der Waals surface area contributed by atoms with Crippen molar-refractivity contribution in [3.63, 3.8) is 0 Å². The van der Waals surface area contributed by atoms with Gasteiger partial charge in [0.05, 0.1) is 12.2 Å². The Morgan fingerprint density at radius 1 is 1.53 bits per heavy atom. The molecule has 1 saturated heterocycles. The first kappa shape index (κ1) is 12.1. The molecular formula is C12H20N4O. The first-order chi connectivity index (χ1) is 8.22. The summed E-state index contributed by atoms with van der Waals surface area (Å²) in [5, 5.41) is 7.16. The minimum Gasteiger partial charge on any atom is -0.334 e. The number of unbranched alkanes of at least 4 members (excludes halogenated alkanes) is 2. The number of rotatable bonds is 5. The van der Waals surface area contributed by atoms with Gasteiger partial charge >= 0.3 is 0 Å². The maximum Gasteiger partial charge on any atom is 0.235 e. The summed E-state index contributed by atoms with van der Waals surface area (Å²) in [4.78, 5) is 13.7. The minimum atomic E-state index is -0.00754. The summed E-state index contributed by atoms with van der Waals surface area (Å²) in [6, 6.07) is 1.96. The van der Waals surface area contributed by atoms with Crippen molar-refractivity contribution in [2.24, 2.45) is 7.05 Å². The Labute approximate surface area is 102 Å². The molecule has 2 heterocycles. The smallest absolute Gasteiger partial charge is 0.235 e. The van der Waals surface area contributed by atoms with E-state index < -0.39 is 0 Å². The third-order valence-corrected chi connectivity index (χ3v) is 3.20. The first-order valence-corrected chi connectivity index (χ1v) is 6.23. The molecule has 1 aromatic rings. The van der Waals surface area contributed by atoms with Crippen LogP contribution in [0.25, 0.3) is 0 Å². The molecule has 1 aliphatic rings. The van der Waals surface area contributed by atoms with Crippen LogP contribution in [-0.2, 0) is 11.8 Å². The average Bonchev–Trinajstić information content (AvgIpc) is 2.85. The molecule has 5 nitrogen and oxygen atoms in total. The van der Waals surface area contributed by atoms with Crippen LogP contribution < -0.4 is 5.32 Å². The van der Waals surface area contributed by atoms with E-state index >= 15 is 0 Å². The SMILES string of the molecule is CCCCCN1CC(=O)NC1c1ccnn1C. The Morgan fingerprint density at radius 2 is 2.35 bits per heavy atom. The summed E-state index contributed by atoms with van der Waals surface area (Å²) < 4.78 is 1.82. The number of hydrogen-bond donors (Lipinski definition) is 1. The second kappa shape index (κ2) is 5.31. The molecule has 1 atom stereocenters. The van der Waals surface area contributed by atoms with Crippen LogP contribution in [-0.4, -0.2) is 33.7 Å². The maximum absolute atomic E-state index is 11.5. The molecule has 17 heavy (non-hydrogen) atoms. The molecule has 1 unspecified atom stereocenters. The van der Waals surface area contributed by atoms with Crippen LogP contribution in [0.3, 0.4) is 0 Å². The van der Waals surface area contributed by atoms with E-state index in [0.717, 1.165) is 18.7 Å². The molecule has 0 aliphatic carbocycles. The van der Waals surface area contributed by atoms with E-state index in [0.29, 0.717) is 6.54 Å². The Balaban J connectivity index is 2.04. The third kappa shape index (κ3) is 2.66. The summed E-state index contributed by atoms with van der Waals surface area (Å²) >= 11 is 0. The van der Waals surface area contributed by atoms with Crippen LogP contribution >= 0.6 is 0 Å². The van der Waals surface area contributed by atoms with E-state index in [1.165, 1.54) is 12.8 Å². The largest absolute Gasteiger partial charge is 0.334 e. The summed E-state index contributed by atoms with van der Waals surface area (Å²) in [6.45, 7) is 3.65. The van der Waals surface area contributed by atoms with Gasteiger partial charge in [-0.25, -0.2) is 0 Å². The third-order valence-electron chi connectivity index (χ3n) is 3.20.